The van der Waals surface area contributed by atoms with Crippen LogP contribution in [0, 0.1) is 6.42 Å². The molecule has 0 bridgehead atoms. The fraction of sp³-hybridized carbons (Fsp3) is 0.667. The number of hydrogen-bond donors (Lipinski definition) is 0. The normalized spacial score (nSPS) is 22.6. The van der Waals surface area contributed by atoms with Gasteiger partial charge in [-0.3, -0.25) is 0 Å². The standard InChI is InChI=1S/C6H9S/c7-6-4-2-1-3-5-6/h2H,1,3-5H2. The van der Waals surface area contributed by atoms with Crippen molar-refractivity contribution in [2.24, 2.45) is 0 Å². The van der Waals surface area contributed by atoms with Crippen molar-refractivity contribution >= 4 is 17.1 Å². The lowest BCUT2D eigenvalue weighted by atomic mass is 10.0. The van der Waals surface area contributed by atoms with Gasteiger partial charge in [0.1, 0.15) is 0 Å². The lowest BCUT2D eigenvalue weighted by Gasteiger charge is -2.07. The van der Waals surface area contributed by atoms with Gasteiger partial charge < -0.3 is 0 Å². The van der Waals surface area contributed by atoms with Crippen LogP contribution in [0.4, 0.5) is 0 Å². The summed E-state index contributed by atoms with van der Waals surface area (Å²) in [5, 5.41) is 0. The van der Waals surface area contributed by atoms with Crippen LogP contribution < -0.4 is 0 Å². The highest BCUT2D eigenvalue weighted by molar-refractivity contribution is 7.80. The molecule has 0 spiro atoms. The molecular formula is C6H9S. The second kappa shape index (κ2) is 2.41. The van der Waals surface area contributed by atoms with Gasteiger partial charge in [-0.2, -0.15) is 0 Å². The summed E-state index contributed by atoms with van der Waals surface area (Å²) in [7, 11) is 0. The molecule has 1 heteroatoms. The summed E-state index contributed by atoms with van der Waals surface area (Å²) >= 11 is 4.97. The smallest absolute Gasteiger partial charge is 0.00686 e. The molecule has 0 atom stereocenters. The molecule has 1 aliphatic rings. The molecule has 0 nitrogen and oxygen atoms in total. The molecule has 0 heterocycles. The first-order chi connectivity index (χ1) is 3.39. The van der Waals surface area contributed by atoms with Crippen molar-refractivity contribution in [3.63, 3.8) is 0 Å². The van der Waals surface area contributed by atoms with E-state index in [0.717, 1.165) is 6.42 Å². The van der Waals surface area contributed by atoms with E-state index >= 15 is 0 Å². The molecule has 0 aliphatic heterocycles. The van der Waals surface area contributed by atoms with Crippen LogP contribution in [0.15, 0.2) is 0 Å². The Bertz CT molecular complexity index is 68.2. The SMILES string of the molecule is S=C1C[CH]CCC1. The molecule has 0 aromatic rings. The van der Waals surface area contributed by atoms with Crippen molar-refractivity contribution in [2.75, 3.05) is 0 Å². The van der Waals surface area contributed by atoms with Gasteiger partial charge in [0.05, 0.1) is 0 Å². The Labute approximate surface area is 49.9 Å². The molecule has 1 rings (SSSR count). The molecule has 0 saturated heterocycles. The van der Waals surface area contributed by atoms with Gasteiger partial charge in [0, 0.05) is 0 Å². The second-order valence-corrected chi connectivity index (χ2v) is 2.50. The summed E-state index contributed by atoms with van der Waals surface area (Å²) < 4.78 is 0. The van der Waals surface area contributed by atoms with Gasteiger partial charge in [-0.15, -0.1) is 0 Å². The van der Waals surface area contributed by atoms with Gasteiger partial charge in [0.2, 0.25) is 0 Å². The maximum absolute atomic E-state index is 4.97. The molecule has 1 radical (unpaired) electrons. The second-order valence-electron chi connectivity index (χ2n) is 1.92. The predicted molar refractivity (Wildman–Crippen MR) is 35.4 cm³/mol. The van der Waals surface area contributed by atoms with Crippen molar-refractivity contribution in [1.82, 2.24) is 0 Å². The highest BCUT2D eigenvalue weighted by Gasteiger charge is 2.02. The van der Waals surface area contributed by atoms with E-state index in [9.17, 15) is 0 Å². The average molecular weight is 113 g/mol. The fourth-order valence-corrected chi connectivity index (χ4v) is 1.07. The Morgan fingerprint density at radius 1 is 1.57 bits per heavy atom. The summed E-state index contributed by atoms with van der Waals surface area (Å²) in [4.78, 5) is 1.24. The molecule has 0 unspecified atom stereocenters. The maximum atomic E-state index is 4.97. The third-order valence-corrected chi connectivity index (χ3v) is 1.61. The van der Waals surface area contributed by atoms with Crippen LogP contribution in [0.25, 0.3) is 0 Å². The van der Waals surface area contributed by atoms with E-state index in [4.69, 9.17) is 12.2 Å². The van der Waals surface area contributed by atoms with E-state index in [1.54, 1.807) is 0 Å². The lowest BCUT2D eigenvalue weighted by molar-refractivity contribution is 0.795. The van der Waals surface area contributed by atoms with Crippen LogP contribution in [-0.2, 0) is 0 Å². The Morgan fingerprint density at radius 2 is 2.43 bits per heavy atom. The van der Waals surface area contributed by atoms with Crippen molar-refractivity contribution in [3.8, 4) is 0 Å². The van der Waals surface area contributed by atoms with Gasteiger partial charge in [-0.1, -0.05) is 12.2 Å². The first-order valence-corrected chi connectivity index (χ1v) is 3.14. The third-order valence-electron chi connectivity index (χ3n) is 1.24. The molecule has 39 valence electrons. The largest absolute Gasteiger partial charge is 0.0897 e. The fourth-order valence-electron chi connectivity index (χ4n) is 0.809. The van der Waals surface area contributed by atoms with Gasteiger partial charge in [-0.05, 0) is 37.0 Å². The van der Waals surface area contributed by atoms with Crippen LogP contribution in [-0.4, -0.2) is 4.86 Å². The molecule has 0 amide bonds. The minimum atomic E-state index is 1.09. The Balaban J connectivity index is 2.25. The molecular weight excluding hydrogens is 104 g/mol. The molecule has 0 aromatic heterocycles. The van der Waals surface area contributed by atoms with Crippen LogP contribution >= 0.6 is 12.2 Å². The highest BCUT2D eigenvalue weighted by Crippen LogP contribution is 2.12. The van der Waals surface area contributed by atoms with Crippen LogP contribution in [0.1, 0.15) is 25.7 Å². The third kappa shape index (κ3) is 1.56. The van der Waals surface area contributed by atoms with Crippen molar-refractivity contribution < 1.29 is 0 Å². The summed E-state index contributed by atoms with van der Waals surface area (Å²) in [5.74, 6) is 0. The monoisotopic (exact) mass is 113 g/mol. The van der Waals surface area contributed by atoms with E-state index in [1.807, 2.05) is 0 Å². The van der Waals surface area contributed by atoms with Crippen molar-refractivity contribution in [2.45, 2.75) is 25.7 Å². The zero-order chi connectivity index (χ0) is 5.11. The number of rotatable bonds is 0. The van der Waals surface area contributed by atoms with Crippen molar-refractivity contribution in [1.29, 1.82) is 0 Å². The van der Waals surface area contributed by atoms with Crippen LogP contribution in [0.2, 0.25) is 0 Å². The minimum absolute atomic E-state index is 1.09. The van der Waals surface area contributed by atoms with Gasteiger partial charge in [0.15, 0.2) is 0 Å². The first-order valence-electron chi connectivity index (χ1n) is 2.73. The molecule has 1 saturated carbocycles. The highest BCUT2D eigenvalue weighted by atomic mass is 32.1. The molecule has 7 heavy (non-hydrogen) atoms. The van der Waals surface area contributed by atoms with Crippen LogP contribution in [0.5, 0.6) is 0 Å². The van der Waals surface area contributed by atoms with E-state index in [2.05, 4.69) is 6.42 Å². The zero-order valence-corrected chi connectivity index (χ0v) is 5.13. The number of thiocarbonyl (C=S) groups is 1. The Morgan fingerprint density at radius 3 is 2.71 bits per heavy atom. The molecule has 1 aliphatic carbocycles. The molecule has 1 fully saturated rings. The molecule has 0 aromatic carbocycles. The van der Waals surface area contributed by atoms with E-state index in [1.165, 1.54) is 24.1 Å². The van der Waals surface area contributed by atoms with E-state index in [-0.39, 0.29) is 0 Å². The summed E-state index contributed by atoms with van der Waals surface area (Å²) in [5.41, 5.74) is 0. The Hall–Kier alpha value is 0.0900. The maximum Gasteiger partial charge on any atom is -0.00686 e. The van der Waals surface area contributed by atoms with E-state index in [0.29, 0.717) is 0 Å². The topological polar surface area (TPSA) is 0 Å². The minimum Gasteiger partial charge on any atom is -0.0897 e. The van der Waals surface area contributed by atoms with Gasteiger partial charge in [-0.25, -0.2) is 0 Å². The van der Waals surface area contributed by atoms with Crippen LogP contribution in [0.3, 0.4) is 0 Å². The quantitative estimate of drug-likeness (QED) is 0.434. The lowest BCUT2D eigenvalue weighted by Crippen LogP contribution is -2.00. The summed E-state index contributed by atoms with van der Waals surface area (Å²) in [6.07, 6.45) is 7.12. The van der Waals surface area contributed by atoms with Gasteiger partial charge >= 0.3 is 0 Å². The molecule has 0 N–H and O–H groups in total. The average Bonchev–Trinajstić information content (AvgIpc) is 1.69. The summed E-state index contributed by atoms with van der Waals surface area (Å²) in [6, 6.07) is 0. The zero-order valence-electron chi connectivity index (χ0n) is 4.31. The van der Waals surface area contributed by atoms with E-state index < -0.39 is 0 Å². The van der Waals surface area contributed by atoms with Gasteiger partial charge in [0.25, 0.3) is 0 Å². The first kappa shape index (κ1) is 5.23. The Kier molecular flexibility index (Phi) is 1.80. The summed E-state index contributed by atoms with van der Waals surface area (Å²) in [6.45, 7) is 0. The van der Waals surface area contributed by atoms with Crippen molar-refractivity contribution in [3.05, 3.63) is 6.42 Å². The number of hydrogen-bond acceptors (Lipinski definition) is 1. The predicted octanol–water partition coefficient (Wildman–Crippen LogP) is 2.13.